The fourth-order valence-electron chi connectivity index (χ4n) is 1.01. The number of carbonyl (C=O) groups is 1. The van der Waals surface area contributed by atoms with Crippen molar-refractivity contribution in [1.82, 2.24) is 15.2 Å². The number of hydrogen-bond donors (Lipinski definition) is 2. The molecule has 0 aliphatic carbocycles. The number of aromatic amines is 1. The number of nitrogens with two attached hydrogens (primary N) is 1. The van der Waals surface area contributed by atoms with Gasteiger partial charge in [-0.2, -0.15) is 5.10 Å². The predicted octanol–water partition coefficient (Wildman–Crippen LogP) is 0.606. The number of H-pyrrole nitrogens is 1. The Bertz CT molecular complexity index is 466. The highest BCUT2D eigenvalue weighted by molar-refractivity contribution is 5.89. The minimum Gasteiger partial charge on any atom is -0.420 e. The number of hydrogen-bond acceptors (Lipinski definition) is 5. The number of rotatable bonds is 2. The van der Waals surface area contributed by atoms with Crippen LogP contribution in [0.5, 0.6) is 5.75 Å². The average Bonchev–Trinajstić information content (AvgIpc) is 2.66. The third-order valence-electron chi connectivity index (χ3n) is 1.66. The third kappa shape index (κ3) is 2.11. The summed E-state index contributed by atoms with van der Waals surface area (Å²) in [5.74, 6) is 0.0657. The van der Waals surface area contributed by atoms with E-state index in [4.69, 9.17) is 10.5 Å². The molecule has 0 aliphatic heterocycles. The molecule has 15 heavy (non-hydrogen) atoms. The van der Waals surface area contributed by atoms with E-state index in [0.29, 0.717) is 5.75 Å². The van der Waals surface area contributed by atoms with Crippen molar-refractivity contribution in [1.29, 1.82) is 0 Å². The molecule has 0 unspecified atom stereocenters. The van der Waals surface area contributed by atoms with Gasteiger partial charge in [-0.25, -0.2) is 4.79 Å². The van der Waals surface area contributed by atoms with Crippen molar-refractivity contribution >= 4 is 11.8 Å². The predicted molar refractivity (Wildman–Crippen MR) is 52.2 cm³/mol. The second-order valence-electron chi connectivity index (χ2n) is 2.78. The van der Waals surface area contributed by atoms with E-state index in [9.17, 15) is 4.79 Å². The van der Waals surface area contributed by atoms with Crippen LogP contribution in [0.1, 0.15) is 10.5 Å². The van der Waals surface area contributed by atoms with Gasteiger partial charge >= 0.3 is 5.97 Å². The Kier molecular flexibility index (Phi) is 2.32. The van der Waals surface area contributed by atoms with Crippen LogP contribution in [-0.4, -0.2) is 21.2 Å². The highest BCUT2D eigenvalue weighted by atomic mass is 16.5. The minimum atomic E-state index is -0.549. The van der Waals surface area contributed by atoms with Crippen LogP contribution in [0.15, 0.2) is 30.6 Å². The van der Waals surface area contributed by atoms with Crippen LogP contribution in [0.3, 0.4) is 0 Å². The van der Waals surface area contributed by atoms with Crippen molar-refractivity contribution in [3.05, 3.63) is 36.3 Å². The fourth-order valence-corrected chi connectivity index (χ4v) is 1.01. The summed E-state index contributed by atoms with van der Waals surface area (Å²) in [6.07, 6.45) is 3.03. The van der Waals surface area contributed by atoms with Crippen molar-refractivity contribution in [3.8, 4) is 5.75 Å². The number of anilines is 1. The highest BCUT2D eigenvalue weighted by Crippen LogP contribution is 2.09. The average molecular weight is 204 g/mol. The number of nitrogen functional groups attached to an aromatic ring is 1. The molecule has 2 rings (SSSR count). The van der Waals surface area contributed by atoms with Crippen LogP contribution >= 0.6 is 0 Å². The zero-order chi connectivity index (χ0) is 10.7. The maximum Gasteiger partial charge on any atom is 0.361 e. The van der Waals surface area contributed by atoms with Crippen LogP contribution < -0.4 is 10.5 Å². The van der Waals surface area contributed by atoms with Crippen LogP contribution in [0, 0.1) is 0 Å². The zero-order valence-corrected chi connectivity index (χ0v) is 7.68. The number of nitrogens with one attached hydrogen (secondary N) is 1. The number of pyridine rings is 1. The first-order valence-electron chi connectivity index (χ1n) is 4.19. The van der Waals surface area contributed by atoms with Gasteiger partial charge in [0.15, 0.2) is 0 Å². The smallest absolute Gasteiger partial charge is 0.361 e. The van der Waals surface area contributed by atoms with Gasteiger partial charge in [0.2, 0.25) is 0 Å². The van der Waals surface area contributed by atoms with Gasteiger partial charge in [-0.15, -0.1) is 0 Å². The van der Waals surface area contributed by atoms with E-state index in [1.54, 1.807) is 18.3 Å². The lowest BCUT2D eigenvalue weighted by Gasteiger charge is -2.00. The van der Waals surface area contributed by atoms with E-state index >= 15 is 0 Å². The molecule has 6 heteroatoms. The van der Waals surface area contributed by atoms with Gasteiger partial charge < -0.3 is 10.5 Å². The van der Waals surface area contributed by atoms with Gasteiger partial charge in [-0.1, -0.05) is 0 Å². The molecular weight excluding hydrogens is 196 g/mol. The van der Waals surface area contributed by atoms with Crippen molar-refractivity contribution < 1.29 is 9.53 Å². The number of esters is 1. The third-order valence-corrected chi connectivity index (χ3v) is 1.66. The Hall–Kier alpha value is -2.37. The van der Waals surface area contributed by atoms with Crippen LogP contribution in [0.25, 0.3) is 0 Å². The highest BCUT2D eigenvalue weighted by Gasteiger charge is 2.10. The molecule has 2 heterocycles. The van der Waals surface area contributed by atoms with Gasteiger partial charge in [0, 0.05) is 12.3 Å². The molecule has 0 bridgehead atoms. The molecule has 0 saturated heterocycles. The largest absolute Gasteiger partial charge is 0.420 e. The molecule has 0 atom stereocenters. The van der Waals surface area contributed by atoms with E-state index in [2.05, 4.69) is 15.2 Å². The summed E-state index contributed by atoms with van der Waals surface area (Å²) in [4.78, 5) is 15.3. The van der Waals surface area contributed by atoms with Gasteiger partial charge in [0.25, 0.3) is 0 Å². The van der Waals surface area contributed by atoms with Crippen molar-refractivity contribution in [3.63, 3.8) is 0 Å². The second-order valence-corrected chi connectivity index (χ2v) is 2.78. The minimum absolute atomic E-state index is 0.205. The number of carbonyl (C=O) groups excluding carboxylic acids is 1. The summed E-state index contributed by atoms with van der Waals surface area (Å²) in [6.45, 7) is 0. The Morgan fingerprint density at radius 3 is 3.00 bits per heavy atom. The fraction of sp³-hybridized carbons (Fsp3) is 0. The molecule has 76 valence electrons. The topological polar surface area (TPSA) is 93.9 Å². The Morgan fingerprint density at radius 1 is 1.53 bits per heavy atom. The van der Waals surface area contributed by atoms with Crippen molar-refractivity contribution in [2.75, 3.05) is 5.73 Å². The number of aromatic nitrogens is 3. The SMILES string of the molecule is Nc1cc(C(=O)Oc2cccnc2)[nH]n1. The molecule has 0 aromatic carbocycles. The van der Waals surface area contributed by atoms with E-state index in [1.807, 2.05) is 0 Å². The first kappa shape index (κ1) is 9.20. The number of nitrogens with zero attached hydrogens (tertiary/aromatic N) is 2. The Labute approximate surface area is 85.1 Å². The number of ether oxygens (including phenoxy) is 1. The van der Waals surface area contributed by atoms with Gasteiger partial charge in [0.05, 0.1) is 6.20 Å². The Balaban J connectivity index is 2.11. The molecule has 0 saturated carbocycles. The second kappa shape index (κ2) is 3.79. The first-order valence-corrected chi connectivity index (χ1v) is 4.19. The summed E-state index contributed by atoms with van der Waals surface area (Å²) in [5, 5.41) is 6.07. The molecule has 0 fully saturated rings. The Morgan fingerprint density at radius 2 is 2.40 bits per heavy atom. The monoisotopic (exact) mass is 204 g/mol. The van der Waals surface area contributed by atoms with E-state index in [-0.39, 0.29) is 11.5 Å². The van der Waals surface area contributed by atoms with Crippen molar-refractivity contribution in [2.45, 2.75) is 0 Å². The first-order chi connectivity index (χ1) is 7.25. The lowest BCUT2D eigenvalue weighted by molar-refractivity contribution is 0.0728. The van der Waals surface area contributed by atoms with Crippen LogP contribution in [-0.2, 0) is 0 Å². The van der Waals surface area contributed by atoms with Gasteiger partial charge in [-0.3, -0.25) is 10.1 Å². The molecule has 2 aromatic rings. The standard InChI is InChI=1S/C9H8N4O2/c10-8-4-7(12-13-8)9(14)15-6-2-1-3-11-5-6/h1-5H,(H3,10,12,13). The van der Waals surface area contributed by atoms with E-state index < -0.39 is 5.97 Å². The van der Waals surface area contributed by atoms with Gasteiger partial charge in [0.1, 0.15) is 17.3 Å². The van der Waals surface area contributed by atoms with Gasteiger partial charge in [-0.05, 0) is 12.1 Å². The molecule has 0 amide bonds. The van der Waals surface area contributed by atoms with E-state index in [1.165, 1.54) is 12.3 Å². The summed E-state index contributed by atoms with van der Waals surface area (Å²) < 4.78 is 4.99. The molecule has 3 N–H and O–H groups in total. The summed E-state index contributed by atoms with van der Waals surface area (Å²) >= 11 is 0. The molecular formula is C9H8N4O2. The lowest BCUT2D eigenvalue weighted by Crippen LogP contribution is -2.08. The molecule has 2 aromatic heterocycles. The molecule has 6 nitrogen and oxygen atoms in total. The summed E-state index contributed by atoms with van der Waals surface area (Å²) in [7, 11) is 0. The van der Waals surface area contributed by atoms with Crippen molar-refractivity contribution in [2.24, 2.45) is 0 Å². The lowest BCUT2D eigenvalue weighted by atomic mass is 10.4. The van der Waals surface area contributed by atoms with Crippen LogP contribution in [0.4, 0.5) is 5.82 Å². The molecule has 0 aliphatic rings. The van der Waals surface area contributed by atoms with E-state index in [0.717, 1.165) is 0 Å². The summed E-state index contributed by atoms with van der Waals surface area (Å²) in [5.41, 5.74) is 5.55. The maximum absolute atomic E-state index is 11.5. The normalized spacial score (nSPS) is 9.87. The molecule has 0 spiro atoms. The zero-order valence-electron chi connectivity index (χ0n) is 7.68. The van der Waals surface area contributed by atoms with Crippen LogP contribution in [0.2, 0.25) is 0 Å². The molecule has 0 radical (unpaired) electrons. The summed E-state index contributed by atoms with van der Waals surface area (Å²) in [6, 6.07) is 4.70. The maximum atomic E-state index is 11.5. The quantitative estimate of drug-likeness (QED) is 0.699.